The van der Waals surface area contributed by atoms with E-state index in [4.69, 9.17) is 9.47 Å². The van der Waals surface area contributed by atoms with Crippen molar-refractivity contribution < 1.29 is 19.0 Å². The average Bonchev–Trinajstić information content (AvgIpc) is 2.64. The van der Waals surface area contributed by atoms with Crippen LogP contribution >= 0.6 is 12.6 Å². The molecule has 0 atom stereocenters. The summed E-state index contributed by atoms with van der Waals surface area (Å²) in [5, 5.41) is 0. The Hall–Kier alpha value is -1.36. The molecular weight excluding hydrogens is 204 g/mol. The van der Waals surface area contributed by atoms with E-state index in [1.54, 1.807) is 12.1 Å². The molecule has 0 N–H and O–H groups in total. The van der Waals surface area contributed by atoms with Crippen LogP contribution in [0.5, 0.6) is 11.5 Å². The van der Waals surface area contributed by atoms with E-state index in [2.05, 4.69) is 17.4 Å². The summed E-state index contributed by atoms with van der Waals surface area (Å²) in [6.07, 6.45) is 0. The molecule has 5 heteroatoms. The predicted molar refractivity (Wildman–Crippen MR) is 51.2 cm³/mol. The van der Waals surface area contributed by atoms with E-state index in [-0.39, 0.29) is 6.79 Å². The summed E-state index contributed by atoms with van der Waals surface area (Å²) >= 11 is 4.18. The van der Waals surface area contributed by atoms with Crippen molar-refractivity contribution in [2.45, 2.75) is 4.90 Å². The van der Waals surface area contributed by atoms with Gasteiger partial charge in [-0.25, -0.2) is 4.79 Å². The zero-order valence-electron chi connectivity index (χ0n) is 7.44. The zero-order valence-corrected chi connectivity index (χ0v) is 8.34. The summed E-state index contributed by atoms with van der Waals surface area (Å²) in [5.41, 5.74) is 0.404. The van der Waals surface area contributed by atoms with Crippen LogP contribution in [0.25, 0.3) is 0 Å². The standard InChI is InChI=1S/C9H8O4S/c1-11-9(10)5-2-6-8(7(14)3-5)13-4-12-6/h2-3,14H,4H2,1H3. The minimum atomic E-state index is -0.418. The van der Waals surface area contributed by atoms with Gasteiger partial charge in [0.05, 0.1) is 17.6 Å². The maximum atomic E-state index is 11.2. The van der Waals surface area contributed by atoms with Crippen molar-refractivity contribution >= 4 is 18.6 Å². The van der Waals surface area contributed by atoms with Crippen LogP contribution in [-0.2, 0) is 4.74 Å². The van der Waals surface area contributed by atoms with E-state index >= 15 is 0 Å². The maximum Gasteiger partial charge on any atom is 0.338 e. The van der Waals surface area contributed by atoms with Crippen LogP contribution in [-0.4, -0.2) is 19.9 Å². The summed E-state index contributed by atoms with van der Waals surface area (Å²) in [5.74, 6) is 0.678. The highest BCUT2D eigenvalue weighted by Crippen LogP contribution is 2.38. The first-order valence-corrected chi connectivity index (χ1v) is 4.38. The molecule has 1 heterocycles. The van der Waals surface area contributed by atoms with Gasteiger partial charge in [-0.2, -0.15) is 0 Å². The summed E-state index contributed by atoms with van der Waals surface area (Å²) in [7, 11) is 1.32. The molecule has 0 aromatic heterocycles. The Balaban J connectivity index is 2.46. The third-order valence-corrected chi connectivity index (χ3v) is 2.21. The van der Waals surface area contributed by atoms with Crippen LogP contribution in [0, 0.1) is 0 Å². The minimum Gasteiger partial charge on any atom is -0.465 e. The lowest BCUT2D eigenvalue weighted by Gasteiger charge is -2.03. The Kier molecular flexibility index (Phi) is 2.25. The fourth-order valence-corrected chi connectivity index (χ4v) is 1.54. The van der Waals surface area contributed by atoms with E-state index in [1.165, 1.54) is 7.11 Å². The van der Waals surface area contributed by atoms with Crippen molar-refractivity contribution in [3.05, 3.63) is 17.7 Å². The van der Waals surface area contributed by atoms with Crippen molar-refractivity contribution in [3.63, 3.8) is 0 Å². The molecular formula is C9H8O4S. The molecule has 1 aromatic rings. The number of methoxy groups -OCH3 is 1. The monoisotopic (exact) mass is 212 g/mol. The Bertz CT molecular complexity index is 389. The van der Waals surface area contributed by atoms with Crippen LogP contribution in [0.1, 0.15) is 10.4 Å². The molecule has 0 bridgehead atoms. The first-order chi connectivity index (χ1) is 6.72. The summed E-state index contributed by atoms with van der Waals surface area (Å²) in [6, 6.07) is 3.16. The van der Waals surface area contributed by atoms with Gasteiger partial charge < -0.3 is 14.2 Å². The van der Waals surface area contributed by atoms with E-state index in [0.717, 1.165) is 0 Å². The normalized spacial score (nSPS) is 12.7. The molecule has 1 aliphatic heterocycles. The predicted octanol–water partition coefficient (Wildman–Crippen LogP) is 1.49. The number of thiol groups is 1. The molecule has 0 radical (unpaired) electrons. The van der Waals surface area contributed by atoms with Crippen molar-refractivity contribution in [2.24, 2.45) is 0 Å². The summed E-state index contributed by atoms with van der Waals surface area (Å²) in [6.45, 7) is 0.160. The van der Waals surface area contributed by atoms with Gasteiger partial charge in [0.25, 0.3) is 0 Å². The van der Waals surface area contributed by atoms with E-state index < -0.39 is 5.97 Å². The molecule has 2 rings (SSSR count). The van der Waals surface area contributed by atoms with E-state index in [0.29, 0.717) is 22.0 Å². The molecule has 1 aromatic carbocycles. The van der Waals surface area contributed by atoms with Crippen LogP contribution < -0.4 is 9.47 Å². The third kappa shape index (κ3) is 1.39. The molecule has 0 aliphatic carbocycles. The number of hydrogen-bond acceptors (Lipinski definition) is 5. The highest BCUT2D eigenvalue weighted by molar-refractivity contribution is 7.80. The van der Waals surface area contributed by atoms with Crippen molar-refractivity contribution in [3.8, 4) is 11.5 Å². The Morgan fingerprint density at radius 1 is 1.50 bits per heavy atom. The topological polar surface area (TPSA) is 44.8 Å². The average molecular weight is 212 g/mol. The molecule has 14 heavy (non-hydrogen) atoms. The number of fused-ring (bicyclic) bond motifs is 1. The lowest BCUT2D eigenvalue weighted by molar-refractivity contribution is 0.0600. The maximum absolute atomic E-state index is 11.2. The fourth-order valence-electron chi connectivity index (χ4n) is 1.23. The van der Waals surface area contributed by atoms with Gasteiger partial charge in [-0.3, -0.25) is 0 Å². The number of carbonyl (C=O) groups excluding carboxylic acids is 1. The van der Waals surface area contributed by atoms with Gasteiger partial charge in [-0.15, -0.1) is 12.6 Å². The first kappa shape index (κ1) is 9.21. The number of hydrogen-bond donors (Lipinski definition) is 1. The summed E-state index contributed by atoms with van der Waals surface area (Å²) < 4.78 is 14.9. The molecule has 4 nitrogen and oxygen atoms in total. The van der Waals surface area contributed by atoms with Crippen LogP contribution in [0.3, 0.4) is 0 Å². The van der Waals surface area contributed by atoms with Gasteiger partial charge in [0.1, 0.15) is 0 Å². The quantitative estimate of drug-likeness (QED) is 0.566. The van der Waals surface area contributed by atoms with Gasteiger partial charge in [-0.05, 0) is 12.1 Å². The van der Waals surface area contributed by atoms with Gasteiger partial charge in [-0.1, -0.05) is 0 Å². The van der Waals surface area contributed by atoms with Gasteiger partial charge >= 0.3 is 5.97 Å². The summed E-state index contributed by atoms with van der Waals surface area (Å²) in [4.78, 5) is 11.8. The van der Waals surface area contributed by atoms with E-state index in [9.17, 15) is 4.79 Å². The highest BCUT2D eigenvalue weighted by Gasteiger charge is 2.20. The number of benzene rings is 1. The fraction of sp³-hybridized carbons (Fsp3) is 0.222. The van der Waals surface area contributed by atoms with Crippen molar-refractivity contribution in [2.75, 3.05) is 13.9 Å². The molecule has 0 spiro atoms. The van der Waals surface area contributed by atoms with Gasteiger partial charge in [0.15, 0.2) is 11.5 Å². The molecule has 0 saturated carbocycles. The first-order valence-electron chi connectivity index (χ1n) is 3.93. The molecule has 0 saturated heterocycles. The number of esters is 1. The second-order valence-corrected chi connectivity index (χ2v) is 3.20. The molecule has 0 unspecified atom stereocenters. The molecule has 0 amide bonds. The zero-order chi connectivity index (χ0) is 10.1. The number of rotatable bonds is 1. The van der Waals surface area contributed by atoms with Crippen molar-refractivity contribution in [1.82, 2.24) is 0 Å². The Labute approximate surface area is 86.2 Å². The molecule has 74 valence electrons. The number of ether oxygens (including phenoxy) is 3. The van der Waals surface area contributed by atoms with Gasteiger partial charge in [0.2, 0.25) is 6.79 Å². The second-order valence-electron chi connectivity index (χ2n) is 2.72. The SMILES string of the molecule is COC(=O)c1cc(S)c2c(c1)OCO2. The Morgan fingerprint density at radius 3 is 3.00 bits per heavy atom. The van der Waals surface area contributed by atoms with Crippen LogP contribution in [0.4, 0.5) is 0 Å². The van der Waals surface area contributed by atoms with Crippen LogP contribution in [0.15, 0.2) is 17.0 Å². The second kappa shape index (κ2) is 3.42. The van der Waals surface area contributed by atoms with Gasteiger partial charge in [0, 0.05) is 0 Å². The molecule has 0 fully saturated rings. The highest BCUT2D eigenvalue weighted by atomic mass is 32.1. The third-order valence-electron chi connectivity index (χ3n) is 1.87. The van der Waals surface area contributed by atoms with E-state index in [1.807, 2.05) is 0 Å². The Morgan fingerprint density at radius 2 is 2.29 bits per heavy atom. The lowest BCUT2D eigenvalue weighted by atomic mass is 10.2. The number of carbonyl (C=O) groups is 1. The molecule has 1 aliphatic rings. The van der Waals surface area contributed by atoms with Crippen molar-refractivity contribution in [1.29, 1.82) is 0 Å². The smallest absolute Gasteiger partial charge is 0.338 e. The minimum absolute atomic E-state index is 0.160. The largest absolute Gasteiger partial charge is 0.465 e. The lowest BCUT2D eigenvalue weighted by Crippen LogP contribution is -2.00. The van der Waals surface area contributed by atoms with Crippen LogP contribution in [0.2, 0.25) is 0 Å².